The number of amides is 1. The fraction of sp³-hybridized carbons (Fsp3) is 0.130. The molecule has 1 N–H and O–H groups in total. The second-order valence-corrected chi connectivity index (χ2v) is 7.12. The zero-order valence-electron chi connectivity index (χ0n) is 15.7. The fourth-order valence-electron chi connectivity index (χ4n) is 3.09. The maximum Gasteiger partial charge on any atom is 0.258 e. The Labute approximate surface area is 173 Å². The van der Waals surface area contributed by atoms with Gasteiger partial charge in [0.05, 0.1) is 17.3 Å². The number of imidazole rings is 1. The molecule has 0 aliphatic carbocycles. The molecule has 0 radical (unpaired) electrons. The maximum atomic E-state index is 12.2. The molecule has 0 saturated carbocycles. The Hall–Kier alpha value is -3.31. The lowest BCUT2D eigenvalue weighted by Crippen LogP contribution is -2.28. The van der Waals surface area contributed by atoms with Crippen molar-refractivity contribution in [3.8, 4) is 5.75 Å². The van der Waals surface area contributed by atoms with E-state index in [1.54, 1.807) is 12.3 Å². The number of carbonyl (C=O) groups is 1. The van der Waals surface area contributed by atoms with Crippen molar-refractivity contribution in [2.24, 2.45) is 0 Å². The van der Waals surface area contributed by atoms with Gasteiger partial charge in [-0.1, -0.05) is 60.1 Å². The molecule has 29 heavy (non-hydrogen) atoms. The number of ether oxygens (including phenoxy) is 1. The van der Waals surface area contributed by atoms with Crippen molar-refractivity contribution in [2.75, 3.05) is 6.61 Å². The van der Waals surface area contributed by atoms with Crippen molar-refractivity contribution in [3.05, 3.63) is 101 Å². The number of halogens is 1. The Balaban J connectivity index is 1.33. The average molecular weight is 406 g/mol. The van der Waals surface area contributed by atoms with Crippen LogP contribution in [-0.2, 0) is 17.8 Å². The van der Waals surface area contributed by atoms with E-state index >= 15 is 0 Å². The first-order chi connectivity index (χ1) is 14.2. The van der Waals surface area contributed by atoms with Crippen LogP contribution in [0.15, 0.2) is 79.1 Å². The standard InChI is InChI=1S/C23H20ClN3O2/c24-19-10-11-22-26-20(15-27(22)14-19)13-25-23(28)16-29-21-9-5-4-8-18(21)12-17-6-2-1-3-7-17/h1-11,14-15H,12-13,16H2,(H,25,28). The fourth-order valence-corrected chi connectivity index (χ4v) is 3.26. The molecule has 0 unspecified atom stereocenters. The van der Waals surface area contributed by atoms with Crippen molar-refractivity contribution in [1.82, 2.24) is 14.7 Å². The summed E-state index contributed by atoms with van der Waals surface area (Å²) >= 11 is 5.98. The number of fused-ring (bicyclic) bond motifs is 1. The highest BCUT2D eigenvalue weighted by Crippen LogP contribution is 2.21. The summed E-state index contributed by atoms with van der Waals surface area (Å²) in [4.78, 5) is 16.7. The predicted octanol–water partition coefficient (Wildman–Crippen LogP) is 4.27. The summed E-state index contributed by atoms with van der Waals surface area (Å²) < 4.78 is 7.61. The summed E-state index contributed by atoms with van der Waals surface area (Å²) in [6.45, 7) is 0.276. The molecule has 0 saturated heterocycles. The van der Waals surface area contributed by atoms with E-state index in [2.05, 4.69) is 22.4 Å². The van der Waals surface area contributed by atoms with E-state index in [9.17, 15) is 4.79 Å². The molecule has 0 atom stereocenters. The van der Waals surface area contributed by atoms with Gasteiger partial charge in [-0.2, -0.15) is 0 Å². The van der Waals surface area contributed by atoms with E-state index < -0.39 is 0 Å². The molecule has 5 nitrogen and oxygen atoms in total. The highest BCUT2D eigenvalue weighted by molar-refractivity contribution is 6.30. The van der Waals surface area contributed by atoms with E-state index in [4.69, 9.17) is 16.3 Å². The number of carbonyl (C=O) groups excluding carboxylic acids is 1. The number of nitrogens with one attached hydrogen (secondary N) is 1. The maximum absolute atomic E-state index is 12.2. The van der Waals surface area contributed by atoms with Crippen LogP contribution >= 0.6 is 11.6 Å². The predicted molar refractivity (Wildman–Crippen MR) is 113 cm³/mol. The van der Waals surface area contributed by atoms with Crippen LogP contribution in [0.2, 0.25) is 5.02 Å². The molecule has 0 aliphatic rings. The number of nitrogens with zero attached hydrogens (tertiary/aromatic N) is 2. The Morgan fingerprint density at radius 2 is 1.79 bits per heavy atom. The van der Waals surface area contributed by atoms with Crippen LogP contribution < -0.4 is 10.1 Å². The number of benzene rings is 2. The lowest BCUT2D eigenvalue weighted by molar-refractivity contribution is -0.123. The van der Waals surface area contributed by atoms with Gasteiger partial charge in [-0.3, -0.25) is 4.79 Å². The van der Waals surface area contributed by atoms with E-state index in [0.29, 0.717) is 17.3 Å². The van der Waals surface area contributed by atoms with Crippen LogP contribution in [0.5, 0.6) is 5.75 Å². The number of pyridine rings is 1. The second-order valence-electron chi connectivity index (χ2n) is 6.68. The monoisotopic (exact) mass is 405 g/mol. The molecule has 4 rings (SSSR count). The van der Waals surface area contributed by atoms with E-state index in [0.717, 1.165) is 23.3 Å². The molecule has 146 valence electrons. The molecular formula is C23H20ClN3O2. The topological polar surface area (TPSA) is 55.6 Å². The van der Waals surface area contributed by atoms with Gasteiger partial charge in [0.25, 0.3) is 5.91 Å². The molecule has 4 aromatic rings. The first-order valence-corrected chi connectivity index (χ1v) is 9.69. The normalized spacial score (nSPS) is 10.8. The van der Waals surface area contributed by atoms with Crippen molar-refractivity contribution in [3.63, 3.8) is 0 Å². The molecule has 2 aromatic carbocycles. The zero-order chi connectivity index (χ0) is 20.1. The Bertz CT molecular complexity index is 1130. The number of hydrogen-bond acceptors (Lipinski definition) is 3. The van der Waals surface area contributed by atoms with Gasteiger partial charge in [-0.25, -0.2) is 4.98 Å². The molecule has 0 bridgehead atoms. The van der Waals surface area contributed by atoms with Gasteiger partial charge in [0.2, 0.25) is 0 Å². The van der Waals surface area contributed by atoms with Crippen LogP contribution in [0, 0.1) is 0 Å². The minimum Gasteiger partial charge on any atom is -0.483 e. The summed E-state index contributed by atoms with van der Waals surface area (Å²) in [5.74, 6) is 0.517. The summed E-state index contributed by atoms with van der Waals surface area (Å²) in [5.41, 5.74) is 3.78. The molecule has 6 heteroatoms. The quantitative estimate of drug-likeness (QED) is 0.499. The first kappa shape index (κ1) is 19.0. The van der Waals surface area contributed by atoms with Gasteiger partial charge in [0.1, 0.15) is 11.4 Å². The number of aromatic nitrogens is 2. The lowest BCUT2D eigenvalue weighted by Gasteiger charge is -2.11. The third kappa shape index (κ3) is 4.95. The smallest absolute Gasteiger partial charge is 0.258 e. The Morgan fingerprint density at radius 3 is 2.66 bits per heavy atom. The third-order valence-electron chi connectivity index (χ3n) is 4.50. The van der Waals surface area contributed by atoms with Crippen LogP contribution in [-0.4, -0.2) is 21.9 Å². The SMILES string of the molecule is O=C(COc1ccccc1Cc1ccccc1)NCc1cn2cc(Cl)ccc2n1. The van der Waals surface area contributed by atoms with Gasteiger partial charge >= 0.3 is 0 Å². The lowest BCUT2D eigenvalue weighted by atomic mass is 10.0. The largest absolute Gasteiger partial charge is 0.483 e. The van der Waals surface area contributed by atoms with Gasteiger partial charge < -0.3 is 14.5 Å². The van der Waals surface area contributed by atoms with Crippen molar-refractivity contribution >= 4 is 23.2 Å². The molecule has 2 aromatic heterocycles. The van der Waals surface area contributed by atoms with Crippen LogP contribution in [0.4, 0.5) is 0 Å². The Morgan fingerprint density at radius 1 is 1.00 bits per heavy atom. The molecule has 1 amide bonds. The van der Waals surface area contributed by atoms with Crippen molar-refractivity contribution < 1.29 is 9.53 Å². The van der Waals surface area contributed by atoms with Crippen LogP contribution in [0.1, 0.15) is 16.8 Å². The van der Waals surface area contributed by atoms with Gasteiger partial charge in [0, 0.05) is 18.8 Å². The Kier molecular flexibility index (Phi) is 5.77. The number of para-hydroxylation sites is 1. The molecular weight excluding hydrogens is 386 g/mol. The van der Waals surface area contributed by atoms with E-state index in [1.165, 1.54) is 5.56 Å². The van der Waals surface area contributed by atoms with Crippen LogP contribution in [0.3, 0.4) is 0 Å². The molecule has 0 aliphatic heterocycles. The average Bonchev–Trinajstić information content (AvgIpc) is 3.14. The number of rotatable bonds is 7. The minimum atomic E-state index is -0.199. The highest BCUT2D eigenvalue weighted by atomic mass is 35.5. The number of hydrogen-bond donors (Lipinski definition) is 1. The summed E-state index contributed by atoms with van der Waals surface area (Å²) in [7, 11) is 0. The molecule has 0 fully saturated rings. The molecule has 2 heterocycles. The first-order valence-electron chi connectivity index (χ1n) is 9.32. The summed E-state index contributed by atoms with van der Waals surface area (Å²) in [6, 6.07) is 21.6. The summed E-state index contributed by atoms with van der Waals surface area (Å²) in [5, 5.41) is 3.47. The van der Waals surface area contributed by atoms with Gasteiger partial charge in [-0.05, 0) is 29.3 Å². The zero-order valence-corrected chi connectivity index (χ0v) is 16.5. The highest BCUT2D eigenvalue weighted by Gasteiger charge is 2.09. The van der Waals surface area contributed by atoms with Gasteiger partial charge in [0.15, 0.2) is 6.61 Å². The van der Waals surface area contributed by atoms with Gasteiger partial charge in [-0.15, -0.1) is 0 Å². The summed E-state index contributed by atoms with van der Waals surface area (Å²) in [6.07, 6.45) is 4.38. The van der Waals surface area contributed by atoms with E-state index in [-0.39, 0.29) is 12.5 Å². The van der Waals surface area contributed by atoms with Crippen molar-refractivity contribution in [2.45, 2.75) is 13.0 Å². The minimum absolute atomic E-state index is 0.0506. The van der Waals surface area contributed by atoms with E-state index in [1.807, 2.05) is 59.1 Å². The van der Waals surface area contributed by atoms with Crippen molar-refractivity contribution in [1.29, 1.82) is 0 Å². The second kappa shape index (κ2) is 8.80. The van der Waals surface area contributed by atoms with Crippen LogP contribution in [0.25, 0.3) is 5.65 Å². The molecule has 0 spiro atoms. The third-order valence-corrected chi connectivity index (χ3v) is 4.72.